The maximum absolute atomic E-state index is 12.5. The van der Waals surface area contributed by atoms with Crippen LogP contribution in [0.3, 0.4) is 0 Å². The standard InChI is InChI=1S/C21H25BrN6O4/c1-13(2)32-12-16(29)11-28-17-18(27(3)21(31)25-19(17)30)24-20(28)26-23-10-15(22)9-14-7-5-4-6-8-14/h4-10,13,16,29H,11-12H2,1-3H3,(H,24,26)(H,25,30,31)/b15-9-,23-10+/t16-/m0/s1. The number of hydrazone groups is 1. The lowest BCUT2D eigenvalue weighted by atomic mass is 10.2. The molecule has 11 heteroatoms. The van der Waals surface area contributed by atoms with Crippen molar-refractivity contribution in [1.29, 1.82) is 0 Å². The molecule has 2 heterocycles. The van der Waals surface area contributed by atoms with E-state index in [1.165, 1.54) is 22.4 Å². The summed E-state index contributed by atoms with van der Waals surface area (Å²) in [7, 11) is 1.50. The molecule has 1 aromatic carbocycles. The number of aliphatic hydroxyl groups is 1. The van der Waals surface area contributed by atoms with Crippen molar-refractivity contribution >= 4 is 45.3 Å². The molecule has 0 saturated heterocycles. The lowest BCUT2D eigenvalue weighted by Crippen LogP contribution is -2.30. The first kappa shape index (κ1) is 23.6. The number of hydrogen-bond acceptors (Lipinski definition) is 7. The van der Waals surface area contributed by atoms with Crippen molar-refractivity contribution < 1.29 is 9.84 Å². The predicted octanol–water partition coefficient (Wildman–Crippen LogP) is 2.04. The SMILES string of the molecule is CC(C)OC[C@@H](O)Cn1c(N/N=C/C(Br)=C/c2ccccc2)nc2c1c(=O)[nH]c(=O)n2C. The molecular weight excluding hydrogens is 480 g/mol. The molecule has 0 spiro atoms. The fourth-order valence-electron chi connectivity index (χ4n) is 2.96. The van der Waals surface area contributed by atoms with E-state index in [0.29, 0.717) is 4.48 Å². The van der Waals surface area contributed by atoms with Crippen molar-refractivity contribution in [3.8, 4) is 0 Å². The number of imidazole rings is 1. The first-order valence-electron chi connectivity index (χ1n) is 9.96. The molecule has 3 rings (SSSR count). The highest BCUT2D eigenvalue weighted by molar-refractivity contribution is 9.12. The van der Waals surface area contributed by atoms with Gasteiger partial charge in [0.15, 0.2) is 11.2 Å². The summed E-state index contributed by atoms with van der Waals surface area (Å²) in [6.07, 6.45) is 2.47. The number of nitrogens with one attached hydrogen (secondary N) is 2. The van der Waals surface area contributed by atoms with Gasteiger partial charge >= 0.3 is 5.69 Å². The van der Waals surface area contributed by atoms with Crippen molar-refractivity contribution in [3.63, 3.8) is 0 Å². The van der Waals surface area contributed by atoms with Crippen molar-refractivity contribution in [1.82, 2.24) is 19.1 Å². The van der Waals surface area contributed by atoms with Gasteiger partial charge in [-0.1, -0.05) is 30.3 Å². The molecule has 3 N–H and O–H groups in total. The number of fused-ring (bicyclic) bond motifs is 1. The van der Waals surface area contributed by atoms with Gasteiger partial charge in [-0.3, -0.25) is 14.3 Å². The Hall–Kier alpha value is -3.02. The summed E-state index contributed by atoms with van der Waals surface area (Å²) in [6.45, 7) is 3.82. The van der Waals surface area contributed by atoms with Crippen LogP contribution in [0.2, 0.25) is 0 Å². The van der Waals surface area contributed by atoms with Crippen LogP contribution in [0.15, 0.2) is 49.5 Å². The zero-order valence-electron chi connectivity index (χ0n) is 17.9. The Balaban J connectivity index is 1.92. The summed E-state index contributed by atoms with van der Waals surface area (Å²) in [5, 5.41) is 14.6. The van der Waals surface area contributed by atoms with Gasteiger partial charge in [0.1, 0.15) is 0 Å². The maximum Gasteiger partial charge on any atom is 0.329 e. The van der Waals surface area contributed by atoms with Crippen LogP contribution >= 0.6 is 15.9 Å². The molecule has 0 fully saturated rings. The summed E-state index contributed by atoms with van der Waals surface area (Å²) in [6, 6.07) is 9.70. The number of H-pyrrole nitrogens is 1. The van der Waals surface area contributed by atoms with E-state index in [9.17, 15) is 14.7 Å². The molecule has 0 unspecified atom stereocenters. The molecule has 0 bridgehead atoms. The Morgan fingerprint density at radius 3 is 2.75 bits per heavy atom. The second-order valence-electron chi connectivity index (χ2n) is 7.38. The lowest BCUT2D eigenvalue weighted by molar-refractivity contribution is -0.000105. The third kappa shape index (κ3) is 5.81. The summed E-state index contributed by atoms with van der Waals surface area (Å²) in [4.78, 5) is 31.1. The third-order valence-electron chi connectivity index (χ3n) is 4.48. The molecule has 0 radical (unpaired) electrons. The van der Waals surface area contributed by atoms with E-state index in [2.05, 4.69) is 36.4 Å². The van der Waals surface area contributed by atoms with Gasteiger partial charge in [0.25, 0.3) is 5.56 Å². The van der Waals surface area contributed by atoms with Crippen molar-refractivity contribution in [2.45, 2.75) is 32.6 Å². The number of anilines is 1. The van der Waals surface area contributed by atoms with Crippen LogP contribution in [0.1, 0.15) is 19.4 Å². The number of halogens is 1. The highest BCUT2D eigenvalue weighted by Gasteiger charge is 2.19. The number of aryl methyl sites for hydroxylation is 1. The molecule has 0 aliphatic heterocycles. The van der Waals surface area contributed by atoms with Crippen molar-refractivity contribution in [2.24, 2.45) is 12.1 Å². The third-order valence-corrected chi connectivity index (χ3v) is 4.91. The van der Waals surface area contributed by atoms with Gasteiger partial charge in [-0.05, 0) is 41.4 Å². The molecule has 0 saturated carbocycles. The minimum absolute atomic E-state index is 0.0172. The summed E-state index contributed by atoms with van der Waals surface area (Å²) >= 11 is 3.44. The largest absolute Gasteiger partial charge is 0.389 e. The van der Waals surface area contributed by atoms with E-state index in [1.807, 2.05) is 50.3 Å². The number of aromatic amines is 1. The molecule has 170 valence electrons. The number of aromatic nitrogens is 4. The first-order chi connectivity index (χ1) is 15.3. The molecule has 2 aromatic heterocycles. The lowest BCUT2D eigenvalue weighted by Gasteiger charge is -2.15. The topological polar surface area (TPSA) is 127 Å². The van der Waals surface area contributed by atoms with Gasteiger partial charge in [-0.2, -0.15) is 10.1 Å². The number of allylic oxidation sites excluding steroid dienone is 1. The molecule has 0 aliphatic carbocycles. The fourth-order valence-corrected chi connectivity index (χ4v) is 3.33. The Labute approximate surface area is 192 Å². The highest BCUT2D eigenvalue weighted by atomic mass is 79.9. The zero-order chi connectivity index (χ0) is 23.3. The maximum atomic E-state index is 12.5. The minimum Gasteiger partial charge on any atom is -0.389 e. The van der Waals surface area contributed by atoms with E-state index >= 15 is 0 Å². The van der Waals surface area contributed by atoms with E-state index in [-0.39, 0.29) is 36.4 Å². The molecular formula is C21H25BrN6O4. The van der Waals surface area contributed by atoms with E-state index in [0.717, 1.165) is 5.56 Å². The highest BCUT2D eigenvalue weighted by Crippen LogP contribution is 2.17. The molecule has 0 amide bonds. The number of hydrogen-bond donors (Lipinski definition) is 3. The Kier molecular flexibility index (Phi) is 7.78. The van der Waals surface area contributed by atoms with Crippen LogP contribution in [0.5, 0.6) is 0 Å². The quantitative estimate of drug-likeness (QED) is 0.302. The normalized spacial score (nSPS) is 13.4. The Bertz CT molecular complexity index is 1240. The van der Waals surface area contributed by atoms with Gasteiger partial charge in [-0.15, -0.1) is 0 Å². The Morgan fingerprint density at radius 2 is 2.06 bits per heavy atom. The monoisotopic (exact) mass is 504 g/mol. The zero-order valence-corrected chi connectivity index (χ0v) is 19.5. The van der Waals surface area contributed by atoms with Crippen LogP contribution in [-0.4, -0.2) is 49.2 Å². The average Bonchev–Trinajstić information content (AvgIpc) is 3.10. The summed E-state index contributed by atoms with van der Waals surface area (Å²) in [5.41, 5.74) is 2.92. The predicted molar refractivity (Wildman–Crippen MR) is 128 cm³/mol. The number of nitrogens with zero attached hydrogens (tertiary/aromatic N) is 4. The van der Waals surface area contributed by atoms with Crippen LogP contribution in [0.25, 0.3) is 17.2 Å². The van der Waals surface area contributed by atoms with Gasteiger partial charge in [-0.25, -0.2) is 10.2 Å². The van der Waals surface area contributed by atoms with Crippen molar-refractivity contribution in [2.75, 3.05) is 12.0 Å². The molecule has 10 nitrogen and oxygen atoms in total. The second-order valence-corrected chi connectivity index (χ2v) is 8.30. The molecule has 3 aromatic rings. The number of aliphatic hydroxyl groups excluding tert-OH is 1. The first-order valence-corrected chi connectivity index (χ1v) is 10.8. The fraction of sp³-hybridized carbons (Fsp3) is 0.333. The number of benzene rings is 1. The van der Waals surface area contributed by atoms with Crippen molar-refractivity contribution in [3.05, 3.63) is 61.2 Å². The average molecular weight is 505 g/mol. The van der Waals surface area contributed by atoms with Gasteiger partial charge in [0, 0.05) is 11.5 Å². The van der Waals surface area contributed by atoms with Gasteiger partial charge in [0.05, 0.1) is 31.6 Å². The van der Waals surface area contributed by atoms with Crippen LogP contribution in [0.4, 0.5) is 5.95 Å². The molecule has 0 aliphatic rings. The molecule has 1 atom stereocenters. The smallest absolute Gasteiger partial charge is 0.329 e. The van der Waals surface area contributed by atoms with Crippen LogP contribution in [-0.2, 0) is 18.3 Å². The second kappa shape index (κ2) is 10.5. The van der Waals surface area contributed by atoms with E-state index < -0.39 is 17.4 Å². The summed E-state index contributed by atoms with van der Waals surface area (Å²) in [5.74, 6) is 0.201. The van der Waals surface area contributed by atoms with Gasteiger partial charge < -0.3 is 14.4 Å². The summed E-state index contributed by atoms with van der Waals surface area (Å²) < 4.78 is 8.87. The minimum atomic E-state index is -0.902. The molecule has 32 heavy (non-hydrogen) atoms. The van der Waals surface area contributed by atoms with Crippen LogP contribution < -0.4 is 16.7 Å². The van der Waals surface area contributed by atoms with E-state index in [1.54, 1.807) is 0 Å². The number of rotatable bonds is 9. The van der Waals surface area contributed by atoms with Gasteiger partial charge in [0.2, 0.25) is 5.95 Å². The number of ether oxygens (including phenoxy) is 1. The van der Waals surface area contributed by atoms with Crippen LogP contribution in [0, 0.1) is 0 Å². The Morgan fingerprint density at radius 1 is 1.34 bits per heavy atom. The van der Waals surface area contributed by atoms with E-state index in [4.69, 9.17) is 4.74 Å².